The highest BCUT2D eigenvalue weighted by molar-refractivity contribution is 7.10. The van der Waals surface area contributed by atoms with Crippen LogP contribution in [-0.2, 0) is 4.79 Å². The standard InChI is InChI=1S/C20H19FN2OS/c1-14(20(24)23-17-6-3-2-4-7-17)22-19(18-8-5-13-25-18)15-9-11-16(21)12-10-15/h2-14,19,22H,1H3,(H,23,24)/t14-,19+/m0/s1. The summed E-state index contributed by atoms with van der Waals surface area (Å²) in [6.45, 7) is 1.82. The maximum absolute atomic E-state index is 13.2. The summed E-state index contributed by atoms with van der Waals surface area (Å²) >= 11 is 1.60. The molecule has 0 unspecified atom stereocenters. The fourth-order valence-corrected chi connectivity index (χ4v) is 3.36. The molecule has 3 rings (SSSR count). The first-order valence-electron chi connectivity index (χ1n) is 8.04. The summed E-state index contributed by atoms with van der Waals surface area (Å²) in [5.74, 6) is -0.390. The Kier molecular flexibility index (Phi) is 5.58. The minimum Gasteiger partial charge on any atom is -0.325 e. The third-order valence-corrected chi connectivity index (χ3v) is 4.82. The van der Waals surface area contributed by atoms with Gasteiger partial charge >= 0.3 is 0 Å². The highest BCUT2D eigenvalue weighted by atomic mass is 32.1. The van der Waals surface area contributed by atoms with Crippen molar-refractivity contribution in [2.24, 2.45) is 0 Å². The second kappa shape index (κ2) is 8.05. The Morgan fingerprint density at radius 3 is 2.36 bits per heavy atom. The van der Waals surface area contributed by atoms with E-state index in [1.165, 1.54) is 12.1 Å². The predicted molar refractivity (Wildman–Crippen MR) is 100 cm³/mol. The van der Waals surface area contributed by atoms with Crippen LogP contribution in [0.3, 0.4) is 0 Å². The number of hydrogen-bond donors (Lipinski definition) is 2. The number of hydrogen-bond acceptors (Lipinski definition) is 3. The van der Waals surface area contributed by atoms with Crippen LogP contribution in [0, 0.1) is 5.82 Å². The van der Waals surface area contributed by atoms with Crippen LogP contribution in [0.25, 0.3) is 0 Å². The van der Waals surface area contributed by atoms with Crippen LogP contribution in [-0.4, -0.2) is 11.9 Å². The smallest absolute Gasteiger partial charge is 0.241 e. The van der Waals surface area contributed by atoms with Crippen LogP contribution in [0.5, 0.6) is 0 Å². The van der Waals surface area contributed by atoms with Crippen LogP contribution in [0.15, 0.2) is 72.1 Å². The van der Waals surface area contributed by atoms with Crippen LogP contribution >= 0.6 is 11.3 Å². The fourth-order valence-electron chi connectivity index (χ4n) is 2.55. The maximum atomic E-state index is 13.2. The molecule has 1 aromatic heterocycles. The monoisotopic (exact) mass is 354 g/mol. The van der Waals surface area contributed by atoms with Crippen molar-refractivity contribution in [3.05, 3.63) is 88.4 Å². The van der Waals surface area contributed by atoms with Crippen molar-refractivity contribution in [1.29, 1.82) is 0 Å². The molecule has 0 aliphatic rings. The third kappa shape index (κ3) is 4.53. The second-order valence-corrected chi connectivity index (χ2v) is 6.72. The van der Waals surface area contributed by atoms with E-state index in [0.29, 0.717) is 0 Å². The first-order chi connectivity index (χ1) is 12.1. The Morgan fingerprint density at radius 1 is 1.00 bits per heavy atom. The molecule has 5 heteroatoms. The summed E-state index contributed by atoms with van der Waals surface area (Å²) in [6, 6.07) is 19.1. The van der Waals surface area contributed by atoms with Crippen molar-refractivity contribution < 1.29 is 9.18 Å². The van der Waals surface area contributed by atoms with E-state index in [0.717, 1.165) is 16.1 Å². The maximum Gasteiger partial charge on any atom is 0.241 e. The third-order valence-electron chi connectivity index (χ3n) is 3.88. The zero-order chi connectivity index (χ0) is 17.6. The molecule has 0 aliphatic carbocycles. The number of nitrogens with one attached hydrogen (secondary N) is 2. The molecule has 2 aromatic carbocycles. The van der Waals surface area contributed by atoms with Crippen LogP contribution < -0.4 is 10.6 Å². The molecule has 0 radical (unpaired) electrons. The number of para-hydroxylation sites is 1. The number of carbonyl (C=O) groups is 1. The second-order valence-electron chi connectivity index (χ2n) is 5.74. The van der Waals surface area contributed by atoms with Crippen molar-refractivity contribution in [3.8, 4) is 0 Å². The predicted octanol–water partition coefficient (Wildman–Crippen LogP) is 4.59. The molecular formula is C20H19FN2OS. The molecule has 0 saturated heterocycles. The van der Waals surface area contributed by atoms with Gasteiger partial charge in [-0.1, -0.05) is 36.4 Å². The van der Waals surface area contributed by atoms with E-state index in [2.05, 4.69) is 10.6 Å². The number of halogens is 1. The van der Waals surface area contributed by atoms with Gasteiger partial charge in [-0.3, -0.25) is 10.1 Å². The van der Waals surface area contributed by atoms with Gasteiger partial charge in [-0.25, -0.2) is 4.39 Å². The Bertz CT molecular complexity index is 803. The van der Waals surface area contributed by atoms with Crippen molar-refractivity contribution >= 4 is 22.9 Å². The number of anilines is 1. The number of amides is 1. The molecule has 3 nitrogen and oxygen atoms in total. The van der Waals surface area contributed by atoms with Gasteiger partial charge in [0.25, 0.3) is 0 Å². The Balaban J connectivity index is 1.75. The van der Waals surface area contributed by atoms with E-state index in [4.69, 9.17) is 0 Å². The molecule has 0 saturated carbocycles. The van der Waals surface area contributed by atoms with Crippen molar-refractivity contribution in [2.75, 3.05) is 5.32 Å². The summed E-state index contributed by atoms with van der Waals surface area (Å²) in [7, 11) is 0. The SMILES string of the molecule is C[C@H](N[C@H](c1ccc(F)cc1)c1cccs1)C(=O)Nc1ccccc1. The van der Waals surface area contributed by atoms with Gasteiger partial charge < -0.3 is 5.32 Å². The molecule has 2 N–H and O–H groups in total. The molecule has 128 valence electrons. The minimum atomic E-state index is -0.419. The Hall–Kier alpha value is -2.50. The molecule has 2 atom stereocenters. The average molecular weight is 354 g/mol. The molecule has 25 heavy (non-hydrogen) atoms. The molecule has 0 bridgehead atoms. The van der Waals surface area contributed by atoms with Gasteiger partial charge in [0.05, 0.1) is 12.1 Å². The molecule has 1 amide bonds. The van der Waals surface area contributed by atoms with Gasteiger partial charge in [0, 0.05) is 10.6 Å². The van der Waals surface area contributed by atoms with Crippen LogP contribution in [0.4, 0.5) is 10.1 Å². The van der Waals surface area contributed by atoms with E-state index >= 15 is 0 Å². The molecular weight excluding hydrogens is 335 g/mol. The number of thiophene rings is 1. The van der Waals surface area contributed by atoms with Crippen molar-refractivity contribution in [1.82, 2.24) is 5.32 Å². The van der Waals surface area contributed by atoms with E-state index in [9.17, 15) is 9.18 Å². The topological polar surface area (TPSA) is 41.1 Å². The van der Waals surface area contributed by atoms with E-state index < -0.39 is 6.04 Å². The highest BCUT2D eigenvalue weighted by Gasteiger charge is 2.21. The largest absolute Gasteiger partial charge is 0.325 e. The summed E-state index contributed by atoms with van der Waals surface area (Å²) < 4.78 is 13.2. The van der Waals surface area contributed by atoms with Crippen LogP contribution in [0.1, 0.15) is 23.4 Å². The first-order valence-corrected chi connectivity index (χ1v) is 8.92. The lowest BCUT2D eigenvalue weighted by Gasteiger charge is -2.22. The Labute approximate surface area is 150 Å². The molecule has 0 aliphatic heterocycles. The molecule has 0 fully saturated rings. The lowest BCUT2D eigenvalue weighted by Crippen LogP contribution is -2.40. The highest BCUT2D eigenvalue weighted by Crippen LogP contribution is 2.27. The van der Waals surface area contributed by atoms with E-state index in [-0.39, 0.29) is 17.8 Å². The lowest BCUT2D eigenvalue weighted by molar-refractivity contribution is -0.117. The zero-order valence-corrected chi connectivity index (χ0v) is 14.6. The van der Waals surface area contributed by atoms with Gasteiger partial charge in [0.1, 0.15) is 5.82 Å². The minimum absolute atomic E-state index is 0.116. The van der Waals surface area contributed by atoms with E-state index in [1.807, 2.05) is 54.8 Å². The molecule has 0 spiro atoms. The summed E-state index contributed by atoms with van der Waals surface area (Å²) in [5, 5.41) is 8.23. The quantitative estimate of drug-likeness (QED) is 0.680. The average Bonchev–Trinajstić information content (AvgIpc) is 3.15. The van der Waals surface area contributed by atoms with Gasteiger partial charge in [0.2, 0.25) is 5.91 Å². The number of rotatable bonds is 6. The van der Waals surface area contributed by atoms with Crippen LogP contribution in [0.2, 0.25) is 0 Å². The van der Waals surface area contributed by atoms with Crippen molar-refractivity contribution in [3.63, 3.8) is 0 Å². The van der Waals surface area contributed by atoms with E-state index in [1.54, 1.807) is 23.5 Å². The summed E-state index contributed by atoms with van der Waals surface area (Å²) in [4.78, 5) is 13.5. The van der Waals surface area contributed by atoms with Gasteiger partial charge in [-0.05, 0) is 48.2 Å². The normalized spacial score (nSPS) is 13.2. The van der Waals surface area contributed by atoms with Crippen molar-refractivity contribution in [2.45, 2.75) is 19.0 Å². The number of benzene rings is 2. The first kappa shape index (κ1) is 17.3. The Morgan fingerprint density at radius 2 is 1.72 bits per heavy atom. The fraction of sp³-hybridized carbons (Fsp3) is 0.150. The van der Waals surface area contributed by atoms with Gasteiger partial charge in [-0.2, -0.15) is 0 Å². The lowest BCUT2D eigenvalue weighted by atomic mass is 10.0. The number of carbonyl (C=O) groups excluding carboxylic acids is 1. The zero-order valence-electron chi connectivity index (χ0n) is 13.8. The summed E-state index contributed by atoms with van der Waals surface area (Å²) in [6.07, 6.45) is 0. The summed E-state index contributed by atoms with van der Waals surface area (Å²) in [5.41, 5.74) is 1.68. The molecule has 3 aromatic rings. The molecule has 1 heterocycles. The van der Waals surface area contributed by atoms with Gasteiger partial charge in [0.15, 0.2) is 0 Å². The van der Waals surface area contributed by atoms with Gasteiger partial charge in [-0.15, -0.1) is 11.3 Å².